The minimum atomic E-state index is -4.57. The average molecular weight is 310 g/mol. The van der Waals surface area contributed by atoms with Crippen molar-refractivity contribution < 1.29 is 22.7 Å². The van der Waals surface area contributed by atoms with E-state index in [-0.39, 0.29) is 22.4 Å². The molecule has 0 radical (unpaired) electrons. The van der Waals surface area contributed by atoms with E-state index in [1.807, 2.05) is 0 Å². The number of carbonyl (C=O) groups is 1. The normalized spacial score (nSPS) is 18.8. The minimum absolute atomic E-state index is 0.0428. The van der Waals surface area contributed by atoms with Crippen LogP contribution in [0.5, 0.6) is 0 Å². The van der Waals surface area contributed by atoms with E-state index in [1.165, 1.54) is 0 Å². The molecule has 112 valence electrons. The van der Waals surface area contributed by atoms with Gasteiger partial charge >= 0.3 is 6.18 Å². The first-order valence-electron chi connectivity index (χ1n) is 5.93. The Morgan fingerprint density at radius 3 is 2.60 bits per heavy atom. The van der Waals surface area contributed by atoms with Gasteiger partial charge in [0.25, 0.3) is 0 Å². The van der Waals surface area contributed by atoms with E-state index in [0.717, 1.165) is 0 Å². The van der Waals surface area contributed by atoms with E-state index in [4.69, 9.17) is 10.5 Å². The van der Waals surface area contributed by atoms with Crippen LogP contribution in [-0.4, -0.2) is 35.4 Å². The van der Waals surface area contributed by atoms with Crippen molar-refractivity contribution in [2.45, 2.75) is 25.1 Å². The fourth-order valence-electron chi connectivity index (χ4n) is 1.87. The topological polar surface area (TPSA) is 90.1 Å². The Balaban J connectivity index is 1.95. The number of anilines is 1. The van der Waals surface area contributed by atoms with Gasteiger partial charge in [0.05, 0.1) is 6.04 Å². The standard InChI is InChI=1S/C10H13F3N4O2S/c11-10(12,13)8-16-17-9(20-8)15-7(18)6(14)5-1-3-19-4-2-5/h5-6H,1-4,14H2,(H,15,17,18). The van der Waals surface area contributed by atoms with Crippen molar-refractivity contribution in [3.63, 3.8) is 0 Å². The Kier molecular flexibility index (Phi) is 4.55. The summed E-state index contributed by atoms with van der Waals surface area (Å²) in [6, 6.07) is -0.794. The molecule has 2 heterocycles. The zero-order valence-electron chi connectivity index (χ0n) is 10.3. The lowest BCUT2D eigenvalue weighted by Crippen LogP contribution is -2.43. The Morgan fingerprint density at radius 2 is 2.05 bits per heavy atom. The third kappa shape index (κ3) is 3.64. The number of nitrogens with two attached hydrogens (primary N) is 1. The molecule has 1 atom stereocenters. The van der Waals surface area contributed by atoms with Crippen molar-refractivity contribution >= 4 is 22.4 Å². The van der Waals surface area contributed by atoms with Crippen LogP contribution in [0.15, 0.2) is 0 Å². The van der Waals surface area contributed by atoms with Crippen LogP contribution in [-0.2, 0) is 15.7 Å². The van der Waals surface area contributed by atoms with Gasteiger partial charge in [0.1, 0.15) is 0 Å². The molecule has 1 amide bonds. The zero-order valence-corrected chi connectivity index (χ0v) is 11.1. The predicted octanol–water partition coefficient (Wildman–Crippen LogP) is 1.25. The summed E-state index contributed by atoms with van der Waals surface area (Å²) in [5.74, 6) is -0.597. The van der Waals surface area contributed by atoms with E-state index >= 15 is 0 Å². The molecule has 10 heteroatoms. The summed E-state index contributed by atoms with van der Waals surface area (Å²) in [6.07, 6.45) is -3.26. The molecule has 1 saturated heterocycles. The lowest BCUT2D eigenvalue weighted by Gasteiger charge is -2.26. The molecular formula is C10H13F3N4O2S. The fourth-order valence-corrected chi connectivity index (χ4v) is 2.48. The van der Waals surface area contributed by atoms with Crippen LogP contribution in [0.1, 0.15) is 17.8 Å². The number of rotatable bonds is 3. The number of nitrogens with zero attached hydrogens (tertiary/aromatic N) is 2. The van der Waals surface area contributed by atoms with Gasteiger partial charge < -0.3 is 10.5 Å². The van der Waals surface area contributed by atoms with Crippen molar-refractivity contribution in [3.05, 3.63) is 5.01 Å². The Bertz CT molecular complexity index is 473. The first-order valence-corrected chi connectivity index (χ1v) is 6.74. The van der Waals surface area contributed by atoms with Crippen molar-refractivity contribution in [2.24, 2.45) is 11.7 Å². The van der Waals surface area contributed by atoms with E-state index < -0.39 is 23.1 Å². The van der Waals surface area contributed by atoms with E-state index in [1.54, 1.807) is 0 Å². The molecule has 1 aromatic heterocycles. The van der Waals surface area contributed by atoms with Gasteiger partial charge in [0.2, 0.25) is 16.0 Å². The summed E-state index contributed by atoms with van der Waals surface area (Å²) in [6.45, 7) is 1.06. The van der Waals surface area contributed by atoms with Crippen LogP contribution < -0.4 is 11.1 Å². The summed E-state index contributed by atoms with van der Waals surface area (Å²) in [4.78, 5) is 11.9. The van der Waals surface area contributed by atoms with Crippen LogP contribution in [0.25, 0.3) is 0 Å². The van der Waals surface area contributed by atoms with Gasteiger partial charge in [0.15, 0.2) is 0 Å². The molecule has 20 heavy (non-hydrogen) atoms. The highest BCUT2D eigenvalue weighted by molar-refractivity contribution is 7.15. The molecule has 0 saturated carbocycles. The number of ether oxygens (including phenoxy) is 1. The summed E-state index contributed by atoms with van der Waals surface area (Å²) in [7, 11) is 0. The highest BCUT2D eigenvalue weighted by atomic mass is 32.1. The van der Waals surface area contributed by atoms with Crippen molar-refractivity contribution in [2.75, 3.05) is 18.5 Å². The maximum Gasteiger partial charge on any atom is 0.445 e. The fraction of sp³-hybridized carbons (Fsp3) is 0.700. The van der Waals surface area contributed by atoms with Gasteiger partial charge in [0, 0.05) is 13.2 Å². The molecule has 1 unspecified atom stereocenters. The highest BCUT2D eigenvalue weighted by Gasteiger charge is 2.36. The molecule has 1 aliphatic rings. The third-order valence-electron chi connectivity index (χ3n) is 2.97. The Morgan fingerprint density at radius 1 is 1.40 bits per heavy atom. The van der Waals surface area contributed by atoms with Crippen LogP contribution in [0.4, 0.5) is 18.3 Å². The molecule has 1 fully saturated rings. The summed E-state index contributed by atoms with van der Waals surface area (Å²) < 4.78 is 42.2. The number of alkyl halides is 3. The number of nitrogens with one attached hydrogen (secondary N) is 1. The highest BCUT2D eigenvalue weighted by Crippen LogP contribution is 2.33. The van der Waals surface area contributed by atoms with E-state index in [0.29, 0.717) is 26.1 Å². The summed E-state index contributed by atoms with van der Waals surface area (Å²) >= 11 is 0.273. The molecule has 0 spiro atoms. The van der Waals surface area contributed by atoms with Gasteiger partial charge in [-0.15, -0.1) is 10.2 Å². The quantitative estimate of drug-likeness (QED) is 0.877. The predicted molar refractivity (Wildman–Crippen MR) is 65.1 cm³/mol. The average Bonchev–Trinajstić information content (AvgIpc) is 2.87. The number of carbonyl (C=O) groups excluding carboxylic acids is 1. The minimum Gasteiger partial charge on any atom is -0.381 e. The van der Waals surface area contributed by atoms with E-state index in [2.05, 4.69) is 15.5 Å². The second-order valence-corrected chi connectivity index (χ2v) is 5.35. The molecule has 0 bridgehead atoms. The molecule has 1 aliphatic heterocycles. The first kappa shape index (κ1) is 15.1. The molecule has 2 rings (SSSR count). The maximum absolute atomic E-state index is 12.3. The summed E-state index contributed by atoms with van der Waals surface area (Å²) in [5.41, 5.74) is 5.80. The second-order valence-electron chi connectivity index (χ2n) is 4.37. The van der Waals surface area contributed by atoms with Gasteiger partial charge in [-0.3, -0.25) is 10.1 Å². The second kappa shape index (κ2) is 6.02. The lowest BCUT2D eigenvalue weighted by molar-refractivity contribution is -0.138. The van der Waals surface area contributed by atoms with Gasteiger partial charge in [-0.25, -0.2) is 0 Å². The zero-order chi connectivity index (χ0) is 14.8. The lowest BCUT2D eigenvalue weighted by atomic mass is 9.92. The maximum atomic E-state index is 12.3. The molecule has 0 aliphatic carbocycles. The molecule has 6 nitrogen and oxygen atoms in total. The molecule has 3 N–H and O–H groups in total. The molecular weight excluding hydrogens is 297 g/mol. The van der Waals surface area contributed by atoms with Crippen LogP contribution >= 0.6 is 11.3 Å². The first-order chi connectivity index (χ1) is 9.38. The number of hydrogen-bond donors (Lipinski definition) is 2. The van der Waals surface area contributed by atoms with Gasteiger partial charge in [-0.1, -0.05) is 11.3 Å². The summed E-state index contributed by atoms with van der Waals surface area (Å²) in [5, 5.41) is 7.23. The van der Waals surface area contributed by atoms with Crippen LogP contribution in [0, 0.1) is 5.92 Å². The number of aromatic nitrogens is 2. The number of hydrogen-bond acceptors (Lipinski definition) is 6. The smallest absolute Gasteiger partial charge is 0.381 e. The van der Waals surface area contributed by atoms with Gasteiger partial charge in [-0.05, 0) is 18.8 Å². The van der Waals surface area contributed by atoms with Gasteiger partial charge in [-0.2, -0.15) is 13.2 Å². The largest absolute Gasteiger partial charge is 0.445 e. The van der Waals surface area contributed by atoms with Crippen molar-refractivity contribution in [1.82, 2.24) is 10.2 Å². The molecule has 0 aromatic carbocycles. The monoisotopic (exact) mass is 310 g/mol. The van der Waals surface area contributed by atoms with E-state index in [9.17, 15) is 18.0 Å². The number of halogens is 3. The SMILES string of the molecule is NC(C(=O)Nc1nnc(C(F)(F)F)s1)C1CCOCC1. The Labute approximate surface area is 116 Å². The van der Waals surface area contributed by atoms with Crippen molar-refractivity contribution in [1.29, 1.82) is 0 Å². The molecule has 1 aromatic rings. The number of amides is 1. The van der Waals surface area contributed by atoms with Crippen LogP contribution in [0.2, 0.25) is 0 Å². The Hall–Kier alpha value is -1.26. The third-order valence-corrected chi connectivity index (χ3v) is 3.86. The van der Waals surface area contributed by atoms with Crippen LogP contribution in [0.3, 0.4) is 0 Å². The van der Waals surface area contributed by atoms with Crippen molar-refractivity contribution in [3.8, 4) is 0 Å².